The van der Waals surface area contributed by atoms with Crippen molar-refractivity contribution in [3.8, 4) is 0 Å². The molecule has 0 amide bonds. The maximum atomic E-state index is 12.1. The zero-order chi connectivity index (χ0) is 13.9. The van der Waals surface area contributed by atoms with E-state index in [4.69, 9.17) is 10.8 Å². The van der Waals surface area contributed by atoms with Crippen molar-refractivity contribution in [2.45, 2.75) is 25.2 Å². The first-order valence-electron chi connectivity index (χ1n) is 5.69. The van der Waals surface area contributed by atoms with Crippen molar-refractivity contribution < 1.29 is 13.5 Å². The Hall–Kier alpha value is -1.12. The quantitative estimate of drug-likeness (QED) is 0.655. The van der Waals surface area contributed by atoms with E-state index >= 15 is 0 Å². The Bertz CT molecular complexity index is 509. The molecule has 0 bridgehead atoms. The van der Waals surface area contributed by atoms with Crippen LogP contribution in [-0.4, -0.2) is 36.5 Å². The number of hydrogen-bond acceptors (Lipinski definition) is 5. The van der Waals surface area contributed by atoms with Gasteiger partial charge in [0.15, 0.2) is 5.82 Å². The van der Waals surface area contributed by atoms with E-state index in [1.165, 1.54) is 4.68 Å². The number of nitrogens with one attached hydrogen (secondary N) is 1. The first kappa shape index (κ1) is 14.9. The van der Waals surface area contributed by atoms with Gasteiger partial charge in [0.05, 0.1) is 5.69 Å². The Balaban J connectivity index is 2.87. The zero-order valence-electron chi connectivity index (χ0n) is 10.8. The maximum absolute atomic E-state index is 12.1. The van der Waals surface area contributed by atoms with Gasteiger partial charge in [-0.05, 0) is 19.3 Å². The second-order valence-electron chi connectivity index (χ2n) is 4.39. The Morgan fingerprint density at radius 2 is 2.17 bits per heavy atom. The molecule has 0 saturated carbocycles. The number of nitrogens with two attached hydrogens (primary N) is 1. The van der Waals surface area contributed by atoms with E-state index < -0.39 is 10.0 Å². The molecular weight excluding hydrogens is 256 g/mol. The molecular formula is C10H20N4O3S. The molecule has 104 valence electrons. The summed E-state index contributed by atoms with van der Waals surface area (Å²) in [6.45, 7) is 3.81. The molecule has 18 heavy (non-hydrogen) atoms. The minimum atomic E-state index is -3.65. The Morgan fingerprint density at radius 3 is 2.61 bits per heavy atom. The third-order valence-electron chi connectivity index (χ3n) is 2.82. The lowest BCUT2D eigenvalue weighted by Crippen LogP contribution is -2.29. The average Bonchev–Trinajstić information content (AvgIpc) is 2.51. The molecule has 0 aliphatic carbocycles. The summed E-state index contributed by atoms with van der Waals surface area (Å²) in [5, 5.41) is 12.6. The predicted octanol–water partition coefficient (Wildman–Crippen LogP) is -0.392. The van der Waals surface area contributed by atoms with Crippen LogP contribution in [0.15, 0.2) is 4.90 Å². The summed E-state index contributed by atoms with van der Waals surface area (Å²) >= 11 is 0. The first-order chi connectivity index (χ1) is 8.29. The number of aliphatic hydroxyl groups is 1. The van der Waals surface area contributed by atoms with Crippen molar-refractivity contribution in [1.82, 2.24) is 14.5 Å². The van der Waals surface area contributed by atoms with Crippen LogP contribution in [0, 0.1) is 12.8 Å². The number of sulfonamides is 1. The zero-order valence-corrected chi connectivity index (χ0v) is 11.7. The van der Waals surface area contributed by atoms with Crippen LogP contribution in [0.1, 0.15) is 19.0 Å². The van der Waals surface area contributed by atoms with Gasteiger partial charge in [0.25, 0.3) is 0 Å². The standard InChI is InChI=1S/C10H20N4O3S/c1-7(4-5-15)6-12-18(16,17)9-8(2)14(3)13-10(9)11/h7,12,15H,4-6H2,1-3H3,(H2,11,13). The largest absolute Gasteiger partial charge is 0.396 e. The van der Waals surface area contributed by atoms with Crippen LogP contribution < -0.4 is 10.5 Å². The summed E-state index contributed by atoms with van der Waals surface area (Å²) in [5.41, 5.74) is 6.10. The number of aromatic nitrogens is 2. The van der Waals surface area contributed by atoms with Gasteiger partial charge in [-0.1, -0.05) is 6.92 Å². The molecule has 1 aromatic rings. The van der Waals surface area contributed by atoms with Crippen LogP contribution in [0.3, 0.4) is 0 Å². The van der Waals surface area contributed by atoms with E-state index in [9.17, 15) is 8.42 Å². The van der Waals surface area contributed by atoms with Crippen LogP contribution in [0.4, 0.5) is 5.82 Å². The van der Waals surface area contributed by atoms with E-state index in [1.807, 2.05) is 6.92 Å². The van der Waals surface area contributed by atoms with E-state index in [2.05, 4.69) is 9.82 Å². The molecule has 8 heteroatoms. The van der Waals surface area contributed by atoms with E-state index in [0.29, 0.717) is 12.1 Å². The smallest absolute Gasteiger partial charge is 0.246 e. The first-order valence-corrected chi connectivity index (χ1v) is 7.17. The van der Waals surface area contributed by atoms with Crippen molar-refractivity contribution in [1.29, 1.82) is 0 Å². The normalized spacial score (nSPS) is 13.8. The molecule has 1 unspecified atom stereocenters. The molecule has 0 aliphatic rings. The maximum Gasteiger partial charge on any atom is 0.246 e. The van der Waals surface area contributed by atoms with Gasteiger partial charge in [-0.15, -0.1) is 0 Å². The van der Waals surface area contributed by atoms with Gasteiger partial charge < -0.3 is 10.8 Å². The molecule has 1 atom stereocenters. The van der Waals surface area contributed by atoms with Crippen molar-refractivity contribution in [2.24, 2.45) is 13.0 Å². The molecule has 4 N–H and O–H groups in total. The minimum Gasteiger partial charge on any atom is -0.396 e. The van der Waals surface area contributed by atoms with Crippen molar-refractivity contribution in [3.63, 3.8) is 0 Å². The summed E-state index contributed by atoms with van der Waals surface area (Å²) < 4.78 is 28.1. The third kappa shape index (κ3) is 3.21. The second-order valence-corrected chi connectivity index (χ2v) is 6.10. The van der Waals surface area contributed by atoms with Gasteiger partial charge in [0.1, 0.15) is 4.90 Å². The van der Waals surface area contributed by atoms with Gasteiger partial charge >= 0.3 is 0 Å². The van der Waals surface area contributed by atoms with Gasteiger partial charge in [-0.2, -0.15) is 5.10 Å². The van der Waals surface area contributed by atoms with Crippen molar-refractivity contribution >= 4 is 15.8 Å². The van der Waals surface area contributed by atoms with Gasteiger partial charge in [-0.3, -0.25) is 4.68 Å². The highest BCUT2D eigenvalue weighted by Gasteiger charge is 2.24. The molecule has 1 rings (SSSR count). The third-order valence-corrected chi connectivity index (χ3v) is 4.41. The number of nitrogen functional groups attached to an aromatic ring is 1. The lowest BCUT2D eigenvalue weighted by Gasteiger charge is -2.11. The predicted molar refractivity (Wildman–Crippen MR) is 68.4 cm³/mol. The molecule has 0 aromatic carbocycles. The van der Waals surface area contributed by atoms with Crippen LogP contribution >= 0.6 is 0 Å². The number of aryl methyl sites for hydroxylation is 1. The highest BCUT2D eigenvalue weighted by atomic mass is 32.2. The lowest BCUT2D eigenvalue weighted by molar-refractivity contribution is 0.263. The number of hydrogen-bond donors (Lipinski definition) is 3. The van der Waals surface area contributed by atoms with Gasteiger partial charge in [0.2, 0.25) is 10.0 Å². The van der Waals surface area contributed by atoms with Gasteiger partial charge in [0, 0.05) is 20.2 Å². The Labute approximate surface area is 107 Å². The molecule has 1 aromatic heterocycles. The van der Waals surface area contributed by atoms with E-state index in [1.54, 1.807) is 14.0 Å². The molecule has 7 nitrogen and oxygen atoms in total. The molecule has 0 spiro atoms. The minimum absolute atomic E-state index is 0.00249. The molecule has 0 fully saturated rings. The van der Waals surface area contributed by atoms with Crippen LogP contribution in [-0.2, 0) is 17.1 Å². The summed E-state index contributed by atoms with van der Waals surface area (Å²) in [5.74, 6) is 0.0558. The summed E-state index contributed by atoms with van der Waals surface area (Å²) in [7, 11) is -2.02. The highest BCUT2D eigenvalue weighted by molar-refractivity contribution is 7.89. The summed E-state index contributed by atoms with van der Waals surface area (Å²) in [6.07, 6.45) is 0.546. The number of aliphatic hydroxyl groups excluding tert-OH is 1. The SMILES string of the molecule is Cc1c(S(=O)(=O)NCC(C)CCO)c(N)nn1C. The lowest BCUT2D eigenvalue weighted by atomic mass is 10.1. The van der Waals surface area contributed by atoms with E-state index in [-0.39, 0.29) is 29.8 Å². The Kier molecular flexibility index (Phi) is 4.71. The fourth-order valence-electron chi connectivity index (χ4n) is 1.59. The second kappa shape index (κ2) is 5.68. The van der Waals surface area contributed by atoms with Crippen molar-refractivity contribution in [3.05, 3.63) is 5.69 Å². The van der Waals surface area contributed by atoms with Crippen LogP contribution in [0.25, 0.3) is 0 Å². The Morgan fingerprint density at radius 1 is 1.56 bits per heavy atom. The van der Waals surface area contributed by atoms with Crippen LogP contribution in [0.2, 0.25) is 0 Å². The number of nitrogens with zero attached hydrogens (tertiary/aromatic N) is 2. The molecule has 0 radical (unpaired) electrons. The number of anilines is 1. The topological polar surface area (TPSA) is 110 Å². The highest BCUT2D eigenvalue weighted by Crippen LogP contribution is 2.20. The fourth-order valence-corrected chi connectivity index (χ4v) is 3.08. The van der Waals surface area contributed by atoms with Crippen LogP contribution in [0.5, 0.6) is 0 Å². The molecule has 0 saturated heterocycles. The monoisotopic (exact) mass is 276 g/mol. The van der Waals surface area contributed by atoms with E-state index in [0.717, 1.165) is 0 Å². The van der Waals surface area contributed by atoms with Crippen molar-refractivity contribution in [2.75, 3.05) is 18.9 Å². The fraction of sp³-hybridized carbons (Fsp3) is 0.700. The average molecular weight is 276 g/mol. The molecule has 1 heterocycles. The van der Waals surface area contributed by atoms with Gasteiger partial charge in [-0.25, -0.2) is 13.1 Å². The molecule has 0 aliphatic heterocycles. The number of rotatable bonds is 6. The summed E-state index contributed by atoms with van der Waals surface area (Å²) in [4.78, 5) is 0.0289. The summed E-state index contributed by atoms with van der Waals surface area (Å²) in [6, 6.07) is 0.